The highest BCUT2D eigenvalue weighted by atomic mass is 32.1. The molecule has 0 fully saturated rings. The predicted molar refractivity (Wildman–Crippen MR) is 66.2 cm³/mol. The Labute approximate surface area is 102 Å². The highest BCUT2D eigenvalue weighted by molar-refractivity contribution is 7.18. The lowest BCUT2D eigenvalue weighted by Gasteiger charge is -1.99. The van der Waals surface area contributed by atoms with E-state index in [9.17, 15) is 8.78 Å². The van der Waals surface area contributed by atoms with Gasteiger partial charge in [-0.25, -0.2) is 13.8 Å². The third-order valence-corrected chi connectivity index (χ3v) is 3.21. The minimum Gasteiger partial charge on any atom is -0.362 e. The van der Waals surface area contributed by atoms with Crippen LogP contribution in [0.25, 0.3) is 10.4 Å². The Hall–Kier alpha value is -1.49. The number of nitrogens with zero attached hydrogens (tertiary/aromatic N) is 1. The smallest absolute Gasteiger partial charge is 0.183 e. The van der Waals surface area contributed by atoms with Gasteiger partial charge in [0, 0.05) is 18.3 Å². The fourth-order valence-corrected chi connectivity index (χ4v) is 2.26. The first-order valence-electron chi connectivity index (χ1n) is 5.36. The van der Waals surface area contributed by atoms with Crippen molar-refractivity contribution in [2.75, 3.05) is 11.9 Å². The first-order valence-corrected chi connectivity index (χ1v) is 6.17. The summed E-state index contributed by atoms with van der Waals surface area (Å²) in [6.07, 6.45) is 2.55. The van der Waals surface area contributed by atoms with Crippen molar-refractivity contribution in [1.29, 1.82) is 0 Å². The second kappa shape index (κ2) is 5.23. The molecule has 1 heterocycles. The molecule has 0 aliphatic rings. The lowest BCUT2D eigenvalue weighted by molar-refractivity contribution is 0.603. The van der Waals surface area contributed by atoms with E-state index in [1.54, 1.807) is 6.20 Å². The molecule has 0 amide bonds. The summed E-state index contributed by atoms with van der Waals surface area (Å²) in [5.41, 5.74) is 0.257. The molecule has 0 saturated carbocycles. The fourth-order valence-electron chi connectivity index (χ4n) is 1.40. The maximum absolute atomic E-state index is 13.5. The Morgan fingerprint density at radius 1 is 1.35 bits per heavy atom. The predicted octanol–water partition coefficient (Wildman–Crippen LogP) is 3.91. The lowest BCUT2D eigenvalue weighted by Crippen LogP contribution is -1.97. The van der Waals surface area contributed by atoms with E-state index in [0.717, 1.165) is 30.2 Å². The van der Waals surface area contributed by atoms with Gasteiger partial charge in [0.15, 0.2) is 5.13 Å². The van der Waals surface area contributed by atoms with Crippen molar-refractivity contribution in [3.8, 4) is 10.4 Å². The highest BCUT2D eigenvalue weighted by Gasteiger charge is 2.10. The molecule has 0 aliphatic carbocycles. The largest absolute Gasteiger partial charge is 0.362 e. The number of rotatable bonds is 4. The molecule has 2 aromatic rings. The summed E-state index contributed by atoms with van der Waals surface area (Å²) in [7, 11) is 0. The average Bonchev–Trinajstić information content (AvgIpc) is 2.78. The first-order chi connectivity index (χ1) is 8.20. The van der Waals surface area contributed by atoms with Crippen LogP contribution in [0.4, 0.5) is 13.9 Å². The SMILES string of the molecule is CCCNc1ncc(-c2cc(F)ccc2F)s1. The number of halogens is 2. The van der Waals surface area contributed by atoms with Crippen LogP contribution in [-0.2, 0) is 0 Å². The molecule has 1 aromatic heterocycles. The topological polar surface area (TPSA) is 24.9 Å². The summed E-state index contributed by atoms with van der Waals surface area (Å²) in [5.74, 6) is -0.880. The Morgan fingerprint density at radius 2 is 2.18 bits per heavy atom. The van der Waals surface area contributed by atoms with Crippen LogP contribution < -0.4 is 5.32 Å². The minimum absolute atomic E-state index is 0.257. The van der Waals surface area contributed by atoms with E-state index in [1.807, 2.05) is 6.92 Å². The van der Waals surface area contributed by atoms with Crippen LogP contribution in [0.1, 0.15) is 13.3 Å². The monoisotopic (exact) mass is 254 g/mol. The standard InChI is InChI=1S/C12H12F2N2S/c1-2-5-15-12-16-7-11(17-12)9-6-8(13)3-4-10(9)14/h3-4,6-7H,2,5H2,1H3,(H,15,16). The molecule has 0 atom stereocenters. The molecule has 2 nitrogen and oxygen atoms in total. The van der Waals surface area contributed by atoms with Gasteiger partial charge in [-0.2, -0.15) is 0 Å². The van der Waals surface area contributed by atoms with Crippen LogP contribution in [0.5, 0.6) is 0 Å². The number of hydrogen-bond donors (Lipinski definition) is 1. The van der Waals surface area contributed by atoms with Gasteiger partial charge in [0.05, 0.1) is 4.88 Å². The lowest BCUT2D eigenvalue weighted by atomic mass is 10.2. The van der Waals surface area contributed by atoms with Crippen LogP contribution >= 0.6 is 11.3 Å². The van der Waals surface area contributed by atoms with Crippen molar-refractivity contribution in [2.45, 2.75) is 13.3 Å². The molecule has 0 spiro atoms. The molecule has 0 radical (unpaired) electrons. The molecule has 17 heavy (non-hydrogen) atoms. The van der Waals surface area contributed by atoms with Gasteiger partial charge in [0.2, 0.25) is 0 Å². The van der Waals surface area contributed by atoms with Crippen LogP contribution in [0, 0.1) is 11.6 Å². The molecular formula is C12H12F2N2S. The van der Waals surface area contributed by atoms with Gasteiger partial charge in [-0.05, 0) is 24.6 Å². The van der Waals surface area contributed by atoms with Crippen LogP contribution in [0.3, 0.4) is 0 Å². The molecule has 0 bridgehead atoms. The summed E-state index contributed by atoms with van der Waals surface area (Å²) < 4.78 is 26.6. The third kappa shape index (κ3) is 2.79. The zero-order valence-corrected chi connectivity index (χ0v) is 10.2. The van der Waals surface area contributed by atoms with E-state index in [4.69, 9.17) is 0 Å². The Bertz CT molecular complexity index is 511. The summed E-state index contributed by atoms with van der Waals surface area (Å²) in [6.45, 7) is 2.87. The number of anilines is 1. The number of thiazole rings is 1. The molecule has 90 valence electrons. The number of aromatic nitrogens is 1. The maximum Gasteiger partial charge on any atom is 0.183 e. The van der Waals surface area contributed by atoms with Gasteiger partial charge in [-0.15, -0.1) is 0 Å². The van der Waals surface area contributed by atoms with Crippen LogP contribution in [0.15, 0.2) is 24.4 Å². The van der Waals surface area contributed by atoms with Crippen molar-refractivity contribution in [3.63, 3.8) is 0 Å². The van der Waals surface area contributed by atoms with Crippen molar-refractivity contribution < 1.29 is 8.78 Å². The van der Waals surface area contributed by atoms with Gasteiger partial charge in [-0.1, -0.05) is 18.3 Å². The van der Waals surface area contributed by atoms with Gasteiger partial charge in [0.1, 0.15) is 11.6 Å². The van der Waals surface area contributed by atoms with E-state index < -0.39 is 11.6 Å². The number of nitrogens with one attached hydrogen (secondary N) is 1. The van der Waals surface area contributed by atoms with Crippen molar-refractivity contribution in [2.24, 2.45) is 0 Å². The van der Waals surface area contributed by atoms with E-state index in [1.165, 1.54) is 17.4 Å². The molecule has 0 saturated heterocycles. The highest BCUT2D eigenvalue weighted by Crippen LogP contribution is 2.31. The summed E-state index contributed by atoms with van der Waals surface area (Å²) in [6, 6.07) is 3.42. The minimum atomic E-state index is -0.446. The molecule has 0 unspecified atom stereocenters. The first kappa shape index (κ1) is 12.0. The van der Waals surface area contributed by atoms with E-state index in [-0.39, 0.29) is 5.56 Å². The second-order valence-corrected chi connectivity index (χ2v) is 4.61. The molecular weight excluding hydrogens is 242 g/mol. The molecule has 5 heteroatoms. The van der Waals surface area contributed by atoms with Gasteiger partial charge in [-0.3, -0.25) is 0 Å². The molecule has 2 rings (SSSR count). The van der Waals surface area contributed by atoms with Gasteiger partial charge in [0.25, 0.3) is 0 Å². The fraction of sp³-hybridized carbons (Fsp3) is 0.250. The molecule has 0 aliphatic heterocycles. The normalized spacial score (nSPS) is 10.5. The molecule has 1 aromatic carbocycles. The van der Waals surface area contributed by atoms with Crippen molar-refractivity contribution in [3.05, 3.63) is 36.0 Å². The van der Waals surface area contributed by atoms with E-state index >= 15 is 0 Å². The van der Waals surface area contributed by atoms with Crippen LogP contribution in [0.2, 0.25) is 0 Å². The Morgan fingerprint density at radius 3 is 2.94 bits per heavy atom. The Kier molecular flexibility index (Phi) is 3.68. The van der Waals surface area contributed by atoms with Crippen molar-refractivity contribution >= 4 is 16.5 Å². The Balaban J connectivity index is 2.27. The summed E-state index contributed by atoms with van der Waals surface area (Å²) >= 11 is 1.32. The third-order valence-electron chi connectivity index (χ3n) is 2.23. The summed E-state index contributed by atoms with van der Waals surface area (Å²) in [5, 5.41) is 3.84. The van der Waals surface area contributed by atoms with E-state index in [2.05, 4.69) is 10.3 Å². The second-order valence-electron chi connectivity index (χ2n) is 3.58. The van der Waals surface area contributed by atoms with Crippen LogP contribution in [-0.4, -0.2) is 11.5 Å². The number of benzene rings is 1. The van der Waals surface area contributed by atoms with Gasteiger partial charge >= 0.3 is 0 Å². The van der Waals surface area contributed by atoms with E-state index in [0.29, 0.717) is 4.88 Å². The zero-order valence-electron chi connectivity index (χ0n) is 9.34. The quantitative estimate of drug-likeness (QED) is 0.894. The van der Waals surface area contributed by atoms with Gasteiger partial charge < -0.3 is 5.32 Å². The number of hydrogen-bond acceptors (Lipinski definition) is 3. The average molecular weight is 254 g/mol. The van der Waals surface area contributed by atoms with Crippen molar-refractivity contribution in [1.82, 2.24) is 4.98 Å². The summed E-state index contributed by atoms with van der Waals surface area (Å²) in [4.78, 5) is 4.74. The zero-order chi connectivity index (χ0) is 12.3. The maximum atomic E-state index is 13.5. The molecule has 1 N–H and O–H groups in total.